The third kappa shape index (κ3) is 5.90. The van der Waals surface area contributed by atoms with Gasteiger partial charge >= 0.3 is 5.97 Å². The van der Waals surface area contributed by atoms with Gasteiger partial charge in [-0.05, 0) is 37.7 Å². The van der Waals surface area contributed by atoms with Crippen molar-refractivity contribution in [2.75, 3.05) is 0 Å². The Morgan fingerprint density at radius 2 is 1.93 bits per heavy atom. The molecule has 1 aliphatic rings. The Labute approximate surface area is 168 Å². The predicted octanol–water partition coefficient (Wildman–Crippen LogP) is 4.68. The van der Waals surface area contributed by atoms with Gasteiger partial charge in [-0.15, -0.1) is 0 Å². The van der Waals surface area contributed by atoms with Gasteiger partial charge in [0.1, 0.15) is 5.78 Å². The van der Waals surface area contributed by atoms with Gasteiger partial charge in [-0.2, -0.15) is 0 Å². The van der Waals surface area contributed by atoms with Crippen molar-refractivity contribution in [2.45, 2.75) is 63.9 Å². The summed E-state index contributed by atoms with van der Waals surface area (Å²) in [5.74, 6) is -1.63. The molecule has 0 spiro atoms. The zero-order valence-corrected chi connectivity index (χ0v) is 16.9. The summed E-state index contributed by atoms with van der Waals surface area (Å²) in [6.45, 7) is 4.03. The minimum absolute atomic E-state index is 0.106. The van der Waals surface area contributed by atoms with Gasteiger partial charge in [-0.3, -0.25) is 9.59 Å². The van der Waals surface area contributed by atoms with E-state index in [9.17, 15) is 19.8 Å². The Kier molecular flexibility index (Phi) is 8.18. The van der Waals surface area contributed by atoms with Crippen molar-refractivity contribution in [1.82, 2.24) is 0 Å². The second kappa shape index (κ2) is 10.4. The molecule has 1 fully saturated rings. The van der Waals surface area contributed by atoms with Crippen LogP contribution in [0.3, 0.4) is 0 Å². The lowest BCUT2D eigenvalue weighted by Gasteiger charge is -2.29. The van der Waals surface area contributed by atoms with Gasteiger partial charge in [0.25, 0.3) is 0 Å². The number of aliphatic carboxylic acids is 1. The van der Waals surface area contributed by atoms with Gasteiger partial charge in [0.15, 0.2) is 0 Å². The molecule has 0 radical (unpaired) electrons. The first-order chi connectivity index (χ1) is 13.3. The van der Waals surface area contributed by atoms with E-state index in [0.717, 1.165) is 12.0 Å². The first-order valence-electron chi connectivity index (χ1n) is 10.1. The van der Waals surface area contributed by atoms with Gasteiger partial charge < -0.3 is 10.2 Å². The third-order valence-electron chi connectivity index (χ3n) is 5.81. The summed E-state index contributed by atoms with van der Waals surface area (Å²) in [6, 6.07) is 9.94. The maximum atomic E-state index is 11.8. The number of rotatable bonds is 10. The van der Waals surface area contributed by atoms with Crippen LogP contribution in [0.2, 0.25) is 0 Å². The SMILES string of the molecule is CC(C)(c1ccccc1)[C@H](O)/C=C\C/C=C/CC[C@H](C(=O)O)[C@H]1CCCC1=O. The quantitative estimate of drug-likeness (QED) is 0.575. The molecule has 0 unspecified atom stereocenters. The van der Waals surface area contributed by atoms with Crippen molar-refractivity contribution in [3.63, 3.8) is 0 Å². The minimum Gasteiger partial charge on any atom is -0.481 e. The smallest absolute Gasteiger partial charge is 0.307 e. The van der Waals surface area contributed by atoms with Crippen LogP contribution in [0, 0.1) is 11.8 Å². The molecule has 0 saturated heterocycles. The van der Waals surface area contributed by atoms with Crippen molar-refractivity contribution < 1.29 is 19.8 Å². The van der Waals surface area contributed by atoms with Crippen LogP contribution in [0.5, 0.6) is 0 Å². The summed E-state index contributed by atoms with van der Waals surface area (Å²) in [5.41, 5.74) is 0.716. The average Bonchev–Trinajstić information content (AvgIpc) is 3.09. The molecule has 0 bridgehead atoms. The van der Waals surface area contributed by atoms with Gasteiger partial charge in [-0.1, -0.05) is 68.5 Å². The van der Waals surface area contributed by atoms with Crippen LogP contribution in [0.25, 0.3) is 0 Å². The molecule has 4 nitrogen and oxygen atoms in total. The fraction of sp³-hybridized carbons (Fsp3) is 0.500. The minimum atomic E-state index is -0.861. The number of hydrogen-bond donors (Lipinski definition) is 2. The second-order valence-corrected chi connectivity index (χ2v) is 8.15. The van der Waals surface area contributed by atoms with Gasteiger partial charge in [-0.25, -0.2) is 0 Å². The highest BCUT2D eigenvalue weighted by atomic mass is 16.4. The molecule has 0 aliphatic heterocycles. The highest BCUT2D eigenvalue weighted by molar-refractivity contribution is 5.87. The zero-order chi connectivity index (χ0) is 20.6. The summed E-state index contributed by atoms with van der Waals surface area (Å²) < 4.78 is 0. The Balaban J connectivity index is 1.78. The Morgan fingerprint density at radius 3 is 2.54 bits per heavy atom. The van der Waals surface area contributed by atoms with E-state index in [1.54, 1.807) is 0 Å². The number of allylic oxidation sites excluding steroid dienone is 3. The molecule has 0 aromatic heterocycles. The molecule has 152 valence electrons. The molecule has 1 saturated carbocycles. The van der Waals surface area contributed by atoms with Crippen molar-refractivity contribution in [1.29, 1.82) is 0 Å². The van der Waals surface area contributed by atoms with Gasteiger partial charge in [0.2, 0.25) is 0 Å². The average molecular weight is 385 g/mol. The number of aliphatic hydroxyl groups is 1. The lowest BCUT2D eigenvalue weighted by molar-refractivity contribution is -0.146. The van der Waals surface area contributed by atoms with Crippen molar-refractivity contribution >= 4 is 11.8 Å². The summed E-state index contributed by atoms with van der Waals surface area (Å²) in [5, 5.41) is 19.9. The van der Waals surface area contributed by atoms with Crippen LogP contribution in [-0.4, -0.2) is 28.1 Å². The molecule has 2 N–H and O–H groups in total. The maximum Gasteiger partial charge on any atom is 0.307 e. The Hall–Kier alpha value is -2.20. The number of carboxylic acid groups (broad SMARTS) is 1. The molecule has 28 heavy (non-hydrogen) atoms. The van der Waals surface area contributed by atoms with Crippen LogP contribution in [0.1, 0.15) is 57.9 Å². The standard InChI is InChI=1S/C24H32O4/c1-24(2,18-12-7-6-8-13-18)22(26)17-10-5-3-4-9-14-20(23(27)28)19-15-11-16-21(19)25/h3-4,6-8,10,12-13,17,19-20,22,26H,5,9,11,14-16H2,1-2H3,(H,27,28)/b4-3+,17-10-/t19-,20+,22-/m1/s1. The number of benzene rings is 1. The number of ketones is 1. The highest BCUT2D eigenvalue weighted by Gasteiger charge is 2.35. The number of carbonyl (C=O) groups excluding carboxylic acids is 1. The molecule has 1 aromatic rings. The fourth-order valence-corrected chi connectivity index (χ4v) is 3.82. The zero-order valence-electron chi connectivity index (χ0n) is 16.9. The molecule has 0 heterocycles. The first-order valence-corrected chi connectivity index (χ1v) is 10.1. The van der Waals surface area contributed by atoms with Gasteiger partial charge in [0.05, 0.1) is 12.0 Å². The summed E-state index contributed by atoms with van der Waals surface area (Å²) in [7, 11) is 0. The van der Waals surface area contributed by atoms with E-state index in [1.165, 1.54) is 0 Å². The molecule has 2 rings (SSSR count). The number of aliphatic hydroxyl groups excluding tert-OH is 1. The van der Waals surface area contributed by atoms with Crippen LogP contribution < -0.4 is 0 Å². The van der Waals surface area contributed by atoms with E-state index in [0.29, 0.717) is 32.1 Å². The molecule has 3 atom stereocenters. The summed E-state index contributed by atoms with van der Waals surface area (Å²) >= 11 is 0. The number of hydrogen-bond acceptors (Lipinski definition) is 3. The van der Waals surface area contributed by atoms with Crippen molar-refractivity contribution in [3.05, 3.63) is 60.2 Å². The Bertz CT molecular complexity index is 703. The summed E-state index contributed by atoms with van der Waals surface area (Å²) in [6.07, 6.45) is 11.0. The number of carbonyl (C=O) groups is 2. The fourth-order valence-electron chi connectivity index (χ4n) is 3.82. The normalized spacial score (nSPS) is 20.1. The molecular weight excluding hydrogens is 352 g/mol. The van der Waals surface area contributed by atoms with E-state index in [-0.39, 0.29) is 17.1 Å². The summed E-state index contributed by atoms with van der Waals surface area (Å²) in [4.78, 5) is 23.3. The number of Topliss-reactive ketones (excluding diaryl/α,β-unsaturated/α-hetero) is 1. The molecule has 1 aromatic carbocycles. The monoisotopic (exact) mass is 384 g/mol. The van der Waals surface area contributed by atoms with Crippen LogP contribution in [-0.2, 0) is 15.0 Å². The van der Waals surface area contributed by atoms with Crippen molar-refractivity contribution in [2.24, 2.45) is 11.8 Å². The molecule has 0 amide bonds. The Morgan fingerprint density at radius 1 is 1.21 bits per heavy atom. The molecule has 1 aliphatic carbocycles. The molecular formula is C24H32O4. The lowest BCUT2D eigenvalue weighted by Crippen LogP contribution is -2.31. The highest BCUT2D eigenvalue weighted by Crippen LogP contribution is 2.31. The van der Waals surface area contributed by atoms with Crippen molar-refractivity contribution in [3.8, 4) is 0 Å². The van der Waals surface area contributed by atoms with Crippen LogP contribution in [0.15, 0.2) is 54.6 Å². The van der Waals surface area contributed by atoms with Crippen LogP contribution in [0.4, 0.5) is 0 Å². The lowest BCUT2D eigenvalue weighted by atomic mass is 9.79. The van der Waals surface area contributed by atoms with Crippen LogP contribution >= 0.6 is 0 Å². The second-order valence-electron chi connectivity index (χ2n) is 8.15. The molecule has 4 heteroatoms. The number of carboxylic acids is 1. The van der Waals surface area contributed by atoms with E-state index < -0.39 is 18.0 Å². The third-order valence-corrected chi connectivity index (χ3v) is 5.81. The first kappa shape index (κ1) is 22.1. The van der Waals surface area contributed by atoms with E-state index in [2.05, 4.69) is 0 Å². The largest absolute Gasteiger partial charge is 0.481 e. The van der Waals surface area contributed by atoms with E-state index in [4.69, 9.17) is 0 Å². The van der Waals surface area contributed by atoms with E-state index in [1.807, 2.05) is 68.5 Å². The maximum absolute atomic E-state index is 11.8. The van der Waals surface area contributed by atoms with Gasteiger partial charge in [0, 0.05) is 17.8 Å². The topological polar surface area (TPSA) is 74.6 Å². The van der Waals surface area contributed by atoms with E-state index >= 15 is 0 Å². The predicted molar refractivity (Wildman–Crippen MR) is 111 cm³/mol.